The second kappa shape index (κ2) is 27.8. The van der Waals surface area contributed by atoms with Crippen molar-refractivity contribution in [3.05, 3.63) is 204 Å². The Balaban J connectivity index is 0.000000205. The third kappa shape index (κ3) is 17.1. The number of esters is 1. The van der Waals surface area contributed by atoms with Crippen molar-refractivity contribution in [1.29, 1.82) is 0 Å². The molecule has 0 aromatic heterocycles. The number of carbonyl (C=O) groups excluding carboxylic acids is 1. The minimum absolute atomic E-state index is 0.0146. The van der Waals surface area contributed by atoms with Gasteiger partial charge in [0.25, 0.3) is 0 Å². The Kier molecular flexibility index (Phi) is 22.9. The van der Waals surface area contributed by atoms with Crippen molar-refractivity contribution in [2.24, 2.45) is 5.41 Å². The van der Waals surface area contributed by atoms with Gasteiger partial charge in [-0.3, -0.25) is 4.79 Å². The van der Waals surface area contributed by atoms with Gasteiger partial charge in [0.1, 0.15) is 5.75 Å². The van der Waals surface area contributed by atoms with E-state index in [-0.39, 0.29) is 10.9 Å². The molecule has 1 aliphatic carbocycles. The maximum atomic E-state index is 13.0. The van der Waals surface area contributed by atoms with E-state index < -0.39 is 38.5 Å². The number of hydrogen-bond donors (Lipinski definition) is 2. The predicted octanol–water partition coefficient (Wildman–Crippen LogP) is 16.7. The highest BCUT2D eigenvalue weighted by Gasteiger charge is 2.47. The van der Waals surface area contributed by atoms with E-state index in [0.29, 0.717) is 42.8 Å². The van der Waals surface area contributed by atoms with E-state index in [4.69, 9.17) is 5.11 Å². The van der Waals surface area contributed by atoms with Crippen LogP contribution < -0.4 is 0 Å². The molecule has 0 bridgehead atoms. The molecule has 5 unspecified atom stereocenters. The van der Waals surface area contributed by atoms with E-state index in [1.807, 2.05) is 38.1 Å². The molecular weight excluding hydrogens is 983 g/mol. The number of phenols is 1. The van der Waals surface area contributed by atoms with Gasteiger partial charge in [-0.25, -0.2) is 8.42 Å². The molecule has 5 atom stereocenters. The summed E-state index contributed by atoms with van der Waals surface area (Å²) in [4.78, 5) is 15.5. The number of hydrogen-bond acceptors (Lipinski definition) is 7. The number of benzene rings is 7. The third-order valence-corrected chi connectivity index (χ3v) is 17.3. The molecule has 1 aliphatic rings. The molecule has 0 amide bonds. The number of phenolic OH excluding ortho intramolecular Hbond substituents is 1. The molecular formula is C64H78F2O7S2. The van der Waals surface area contributed by atoms with Crippen LogP contribution in [0.3, 0.4) is 0 Å². The van der Waals surface area contributed by atoms with Gasteiger partial charge in [-0.05, 0) is 165 Å². The quantitative estimate of drug-likeness (QED) is 0.0669. The molecule has 402 valence electrons. The summed E-state index contributed by atoms with van der Waals surface area (Å²) in [5, 5.41) is 17.1. The Labute approximate surface area is 449 Å². The van der Waals surface area contributed by atoms with Crippen LogP contribution in [-0.4, -0.2) is 40.5 Å². The summed E-state index contributed by atoms with van der Waals surface area (Å²) in [7, 11) is -5.87. The van der Waals surface area contributed by atoms with Crippen LogP contribution in [0.2, 0.25) is 0 Å². The first-order chi connectivity index (χ1) is 35.3. The van der Waals surface area contributed by atoms with Gasteiger partial charge in [0.15, 0.2) is 30.9 Å². The lowest BCUT2D eigenvalue weighted by Gasteiger charge is -2.29. The molecule has 0 radical (unpaired) electrons. The van der Waals surface area contributed by atoms with Crippen LogP contribution in [0.4, 0.5) is 8.78 Å². The molecule has 7 aromatic rings. The summed E-state index contributed by atoms with van der Waals surface area (Å²) in [6.07, 6.45) is 0.310. The molecule has 0 heterocycles. The average molecular weight is 1060 g/mol. The first kappa shape index (κ1) is 61.7. The second-order valence-electron chi connectivity index (χ2n) is 20.3. The number of carbonyl (C=O) groups is 1. The highest BCUT2D eigenvalue weighted by Crippen LogP contribution is 2.46. The fourth-order valence-corrected chi connectivity index (χ4v) is 10.6. The maximum Gasteiger partial charge on any atom is 0.369 e. The Morgan fingerprint density at radius 3 is 1.32 bits per heavy atom. The SMILES string of the molecule is CC1c2cccc3cccc(c23)C1C.CCC(C)(C)C(=O)OC(C)C(F)(F)S(=O)(=O)[O-].CCC(C)c1ccc(C(C)(C)O)cc1.CCC(C)c1ccc(O)cc1.c1ccc([S+](c2ccccc2)c2ccccc2)cc1. The van der Waals surface area contributed by atoms with E-state index >= 15 is 0 Å². The standard InChI is InChI=1S/C18H15S.C14H14.C13H20O.C10H14O.C9H16F2O5S/c1-4-10-16(11-5-1)19(17-12-6-2-7-13-17)18-14-8-3-9-15-18;1-9-10(2)13-8-4-6-11-5-3-7-12(9)14(11)13;1-5-10(2)11-6-8-12(9-7-11)13(3,4)14;1-3-8(2)9-4-6-10(11)7-5-9;1-5-8(3,4)7(12)16-6(2)9(10,11)17(13,14)15/h1-15H;3-10H,1-2H3;6-10,14H,5H2,1-4H3;4-8,11H,3H2,1-2H3;6H,5H2,1-4H3,(H,13,14,15)/q+1;;;;/p-1. The van der Waals surface area contributed by atoms with Crippen molar-refractivity contribution < 1.29 is 41.5 Å². The van der Waals surface area contributed by atoms with E-state index in [1.54, 1.807) is 19.1 Å². The minimum atomic E-state index is -5.86. The first-order valence-electron chi connectivity index (χ1n) is 25.9. The average Bonchev–Trinajstić information content (AvgIpc) is 3.65. The van der Waals surface area contributed by atoms with Crippen molar-refractivity contribution in [2.75, 3.05) is 0 Å². The largest absolute Gasteiger partial charge is 0.743 e. The molecule has 7 aromatic carbocycles. The molecule has 2 N–H and O–H groups in total. The van der Waals surface area contributed by atoms with Gasteiger partial charge in [0.2, 0.25) is 0 Å². The summed E-state index contributed by atoms with van der Waals surface area (Å²) in [6, 6.07) is 61.2. The molecule has 0 aliphatic heterocycles. The molecule has 0 saturated heterocycles. The fourth-order valence-electron chi connectivity index (χ4n) is 8.01. The van der Waals surface area contributed by atoms with Crippen LogP contribution in [0.15, 0.2) is 191 Å². The van der Waals surface area contributed by atoms with Crippen molar-refractivity contribution in [1.82, 2.24) is 0 Å². The number of rotatable bonds is 13. The van der Waals surface area contributed by atoms with E-state index in [0.717, 1.165) is 18.4 Å². The number of halogens is 2. The van der Waals surface area contributed by atoms with Crippen molar-refractivity contribution >= 4 is 37.8 Å². The lowest BCUT2D eigenvalue weighted by atomic mass is 9.91. The second-order valence-corrected chi connectivity index (χ2v) is 23.8. The van der Waals surface area contributed by atoms with Crippen molar-refractivity contribution in [2.45, 2.75) is 158 Å². The van der Waals surface area contributed by atoms with E-state index in [9.17, 15) is 31.7 Å². The Hall–Kier alpha value is -5.85. The lowest BCUT2D eigenvalue weighted by Crippen LogP contribution is -2.44. The molecule has 0 spiro atoms. The summed E-state index contributed by atoms with van der Waals surface area (Å²) in [5.74, 6) is 1.92. The first-order valence-corrected chi connectivity index (χ1v) is 28.5. The number of aromatic hydroxyl groups is 1. The number of ether oxygens (including phenoxy) is 1. The molecule has 0 fully saturated rings. The summed E-state index contributed by atoms with van der Waals surface area (Å²) in [6.45, 7) is 22.3. The Bertz CT molecular complexity index is 2790. The maximum absolute atomic E-state index is 13.0. The van der Waals surface area contributed by atoms with Crippen LogP contribution in [0, 0.1) is 5.41 Å². The topological polar surface area (TPSA) is 124 Å². The Morgan fingerprint density at radius 1 is 0.613 bits per heavy atom. The highest BCUT2D eigenvalue weighted by molar-refractivity contribution is 7.97. The number of aliphatic hydroxyl groups is 1. The van der Waals surface area contributed by atoms with Gasteiger partial charge in [-0.2, -0.15) is 8.78 Å². The van der Waals surface area contributed by atoms with Gasteiger partial charge in [0, 0.05) is 0 Å². The molecule has 7 nitrogen and oxygen atoms in total. The van der Waals surface area contributed by atoms with Gasteiger partial charge >= 0.3 is 11.2 Å². The van der Waals surface area contributed by atoms with Crippen molar-refractivity contribution in [3.8, 4) is 5.75 Å². The minimum Gasteiger partial charge on any atom is -0.743 e. The molecule has 75 heavy (non-hydrogen) atoms. The van der Waals surface area contributed by atoms with Gasteiger partial charge in [0.05, 0.1) is 21.9 Å². The Morgan fingerprint density at radius 2 is 0.987 bits per heavy atom. The summed E-state index contributed by atoms with van der Waals surface area (Å²) >= 11 is 0. The molecule has 11 heteroatoms. The van der Waals surface area contributed by atoms with Crippen molar-refractivity contribution in [3.63, 3.8) is 0 Å². The molecule has 0 saturated carbocycles. The fraction of sp³-hybridized carbons (Fsp3) is 0.359. The van der Waals surface area contributed by atoms with E-state index in [2.05, 4.69) is 186 Å². The zero-order chi connectivity index (χ0) is 55.7. The smallest absolute Gasteiger partial charge is 0.369 e. The van der Waals surface area contributed by atoms with Gasteiger partial charge < -0.3 is 19.5 Å². The van der Waals surface area contributed by atoms with Gasteiger partial charge in [-0.1, -0.05) is 176 Å². The monoisotopic (exact) mass is 1060 g/mol. The van der Waals surface area contributed by atoms with Crippen LogP contribution in [0.5, 0.6) is 5.75 Å². The lowest BCUT2D eigenvalue weighted by molar-refractivity contribution is -0.170. The highest BCUT2D eigenvalue weighted by atomic mass is 32.2. The zero-order valence-corrected chi connectivity index (χ0v) is 47.4. The number of alkyl halides is 2. The van der Waals surface area contributed by atoms with Crippen LogP contribution >= 0.6 is 0 Å². The summed E-state index contributed by atoms with van der Waals surface area (Å²) < 4.78 is 61.2. The molecule has 8 rings (SSSR count). The van der Waals surface area contributed by atoms with Crippen LogP contribution in [0.25, 0.3) is 10.8 Å². The normalized spacial score (nSPS) is 15.3. The third-order valence-electron chi connectivity index (χ3n) is 14.0. The van der Waals surface area contributed by atoms with Gasteiger partial charge in [-0.15, -0.1) is 0 Å². The van der Waals surface area contributed by atoms with E-state index in [1.165, 1.54) is 61.6 Å². The zero-order valence-electron chi connectivity index (χ0n) is 45.8. The van der Waals surface area contributed by atoms with Crippen LogP contribution in [0.1, 0.15) is 154 Å². The summed E-state index contributed by atoms with van der Waals surface area (Å²) in [5.41, 5.74) is 4.94. The van der Waals surface area contributed by atoms with Crippen LogP contribution in [-0.2, 0) is 36.1 Å². The predicted molar refractivity (Wildman–Crippen MR) is 304 cm³/mol.